The largest absolute Gasteiger partial charge is 0.481 e. The fourth-order valence-corrected chi connectivity index (χ4v) is 1.73. The van der Waals surface area contributed by atoms with E-state index in [1.807, 2.05) is 24.3 Å². The highest BCUT2D eigenvalue weighted by Crippen LogP contribution is 2.24. The highest BCUT2D eigenvalue weighted by molar-refractivity contribution is 5.87. The van der Waals surface area contributed by atoms with E-state index in [2.05, 4.69) is 4.98 Å². The summed E-state index contributed by atoms with van der Waals surface area (Å²) >= 11 is 0. The summed E-state index contributed by atoms with van der Waals surface area (Å²) in [4.78, 5) is 14.5. The summed E-state index contributed by atoms with van der Waals surface area (Å²) < 4.78 is 5.21. The molecule has 0 N–H and O–H groups in total. The lowest BCUT2D eigenvalue weighted by Gasteiger charge is -2.05. The maximum absolute atomic E-state index is 10.3. The number of hydrogen-bond acceptors (Lipinski definition) is 3. The van der Waals surface area contributed by atoms with Crippen molar-refractivity contribution in [1.29, 1.82) is 0 Å². The van der Waals surface area contributed by atoms with Crippen LogP contribution in [0, 0.1) is 0 Å². The predicted octanol–water partition coefficient (Wildman–Crippen LogP) is 2.37. The number of pyridine rings is 1. The minimum absolute atomic E-state index is 0.550. The van der Waals surface area contributed by atoms with E-state index in [1.165, 1.54) is 0 Å². The van der Waals surface area contributed by atoms with Gasteiger partial charge in [-0.25, -0.2) is 4.98 Å². The van der Waals surface area contributed by atoms with Gasteiger partial charge in [-0.1, -0.05) is 12.1 Å². The van der Waals surface area contributed by atoms with E-state index in [9.17, 15) is 4.79 Å². The summed E-state index contributed by atoms with van der Waals surface area (Å²) in [5.74, 6) is 0.630. The van der Waals surface area contributed by atoms with Gasteiger partial charge >= 0.3 is 0 Å². The minimum atomic E-state index is 0.550. The van der Waals surface area contributed by atoms with Crippen LogP contribution in [0.1, 0.15) is 12.0 Å². The molecule has 1 heterocycles. The van der Waals surface area contributed by atoms with E-state index in [1.54, 1.807) is 13.3 Å². The van der Waals surface area contributed by atoms with Crippen molar-refractivity contribution in [3.05, 3.63) is 36.0 Å². The molecule has 1 aromatic carbocycles. The second-order valence-corrected chi connectivity index (χ2v) is 3.58. The Labute approximate surface area is 94.1 Å². The van der Waals surface area contributed by atoms with E-state index in [4.69, 9.17) is 4.74 Å². The van der Waals surface area contributed by atoms with Crippen LogP contribution in [0.4, 0.5) is 0 Å². The molecule has 0 fully saturated rings. The van der Waals surface area contributed by atoms with Crippen LogP contribution >= 0.6 is 0 Å². The molecule has 0 atom stereocenters. The first-order valence-corrected chi connectivity index (χ1v) is 5.20. The van der Waals surface area contributed by atoms with Gasteiger partial charge in [-0.2, -0.15) is 0 Å². The van der Waals surface area contributed by atoms with Crippen molar-refractivity contribution in [1.82, 2.24) is 4.98 Å². The Bertz CT molecular complexity index is 508. The zero-order valence-electron chi connectivity index (χ0n) is 9.14. The molecule has 0 aliphatic rings. The van der Waals surface area contributed by atoms with Gasteiger partial charge in [-0.15, -0.1) is 0 Å². The molecule has 0 amide bonds. The quantitative estimate of drug-likeness (QED) is 0.735. The average molecular weight is 215 g/mol. The lowest BCUT2D eigenvalue weighted by atomic mass is 10.1. The number of ether oxygens (including phenoxy) is 1. The van der Waals surface area contributed by atoms with Gasteiger partial charge < -0.3 is 9.53 Å². The normalized spacial score (nSPS) is 10.3. The Morgan fingerprint density at radius 1 is 1.38 bits per heavy atom. The van der Waals surface area contributed by atoms with Crippen molar-refractivity contribution in [2.24, 2.45) is 0 Å². The molecule has 0 bridgehead atoms. The molecule has 3 nitrogen and oxygen atoms in total. The minimum Gasteiger partial charge on any atom is -0.481 e. The number of fused-ring (bicyclic) bond motifs is 1. The van der Waals surface area contributed by atoms with Gasteiger partial charge in [0.05, 0.1) is 7.11 Å². The van der Waals surface area contributed by atoms with E-state index in [0.717, 1.165) is 29.0 Å². The van der Waals surface area contributed by atoms with Gasteiger partial charge in [-0.05, 0) is 29.5 Å². The van der Waals surface area contributed by atoms with Crippen LogP contribution in [0.5, 0.6) is 5.88 Å². The fourth-order valence-electron chi connectivity index (χ4n) is 1.73. The molecule has 0 aliphatic carbocycles. The van der Waals surface area contributed by atoms with Crippen LogP contribution in [0.15, 0.2) is 30.5 Å². The molecular weight excluding hydrogens is 202 g/mol. The summed E-state index contributed by atoms with van der Waals surface area (Å²) in [5, 5.41) is 2.09. The monoisotopic (exact) mass is 215 g/mol. The molecule has 2 aromatic rings. The molecule has 0 unspecified atom stereocenters. The third kappa shape index (κ3) is 2.03. The van der Waals surface area contributed by atoms with Crippen molar-refractivity contribution in [3.8, 4) is 5.88 Å². The summed E-state index contributed by atoms with van der Waals surface area (Å²) in [6, 6.07) is 8.04. The molecule has 0 radical (unpaired) electrons. The average Bonchev–Trinajstić information content (AvgIpc) is 2.35. The molecule has 0 aliphatic heterocycles. The highest BCUT2D eigenvalue weighted by Gasteiger charge is 2.03. The molecule has 1 aromatic heterocycles. The number of hydrogen-bond donors (Lipinski definition) is 0. The van der Waals surface area contributed by atoms with Gasteiger partial charge in [0.25, 0.3) is 0 Å². The maximum atomic E-state index is 10.3. The third-order valence-electron chi connectivity index (χ3n) is 2.54. The molecular formula is C13H13NO2. The smallest absolute Gasteiger partial charge is 0.221 e. The van der Waals surface area contributed by atoms with Crippen LogP contribution in [-0.4, -0.2) is 18.4 Å². The Morgan fingerprint density at radius 3 is 3.00 bits per heavy atom. The number of nitrogens with zero attached hydrogens (tertiary/aromatic N) is 1. The van der Waals surface area contributed by atoms with Gasteiger partial charge in [-0.3, -0.25) is 0 Å². The molecule has 0 saturated carbocycles. The van der Waals surface area contributed by atoms with Gasteiger partial charge in [0.1, 0.15) is 6.29 Å². The Kier molecular flexibility index (Phi) is 3.15. The maximum Gasteiger partial charge on any atom is 0.221 e. The SMILES string of the molecule is COc1nccc2ccc(CCC=O)cc12. The Hall–Kier alpha value is -1.90. The zero-order valence-corrected chi connectivity index (χ0v) is 9.14. The molecule has 0 spiro atoms. The lowest BCUT2D eigenvalue weighted by Crippen LogP contribution is -1.91. The summed E-state index contributed by atoms with van der Waals surface area (Å²) in [6.45, 7) is 0. The number of aromatic nitrogens is 1. The Balaban J connectivity index is 2.46. The lowest BCUT2D eigenvalue weighted by molar-refractivity contribution is -0.107. The highest BCUT2D eigenvalue weighted by atomic mass is 16.5. The van der Waals surface area contributed by atoms with Gasteiger partial charge in [0, 0.05) is 18.0 Å². The van der Waals surface area contributed by atoms with Gasteiger partial charge in [0.15, 0.2) is 0 Å². The first kappa shape index (κ1) is 10.6. The zero-order chi connectivity index (χ0) is 11.4. The number of rotatable bonds is 4. The first-order valence-electron chi connectivity index (χ1n) is 5.20. The van der Waals surface area contributed by atoms with Crippen LogP contribution in [-0.2, 0) is 11.2 Å². The number of methoxy groups -OCH3 is 1. The van der Waals surface area contributed by atoms with E-state index in [-0.39, 0.29) is 0 Å². The van der Waals surface area contributed by atoms with Crippen molar-refractivity contribution < 1.29 is 9.53 Å². The van der Waals surface area contributed by atoms with E-state index >= 15 is 0 Å². The fraction of sp³-hybridized carbons (Fsp3) is 0.231. The number of carbonyl (C=O) groups excluding carboxylic acids is 1. The van der Waals surface area contributed by atoms with Crippen LogP contribution in [0.25, 0.3) is 10.8 Å². The van der Waals surface area contributed by atoms with Crippen molar-refractivity contribution >= 4 is 17.1 Å². The summed E-state index contributed by atoms with van der Waals surface area (Å²) in [7, 11) is 1.61. The van der Waals surface area contributed by atoms with E-state index < -0.39 is 0 Å². The number of carbonyl (C=O) groups is 1. The molecule has 3 heteroatoms. The molecule has 82 valence electrons. The number of benzene rings is 1. The number of aryl methyl sites for hydroxylation is 1. The second kappa shape index (κ2) is 4.75. The standard InChI is InChI=1S/C13H13NO2/c1-16-13-12-9-10(3-2-8-15)4-5-11(12)6-7-14-13/h4-9H,2-3H2,1H3. The Morgan fingerprint density at radius 2 is 2.25 bits per heavy atom. The van der Waals surface area contributed by atoms with Crippen LogP contribution in [0.3, 0.4) is 0 Å². The molecule has 16 heavy (non-hydrogen) atoms. The van der Waals surface area contributed by atoms with Crippen molar-refractivity contribution in [3.63, 3.8) is 0 Å². The van der Waals surface area contributed by atoms with Gasteiger partial charge in [0.2, 0.25) is 5.88 Å². The molecule has 0 saturated heterocycles. The predicted molar refractivity (Wildman–Crippen MR) is 62.7 cm³/mol. The summed E-state index contributed by atoms with van der Waals surface area (Å²) in [6.07, 6.45) is 3.97. The summed E-state index contributed by atoms with van der Waals surface area (Å²) in [5.41, 5.74) is 1.13. The van der Waals surface area contributed by atoms with Crippen molar-refractivity contribution in [2.45, 2.75) is 12.8 Å². The van der Waals surface area contributed by atoms with E-state index in [0.29, 0.717) is 12.3 Å². The number of aldehydes is 1. The van der Waals surface area contributed by atoms with Crippen LogP contribution in [0.2, 0.25) is 0 Å². The molecule has 2 rings (SSSR count). The third-order valence-corrected chi connectivity index (χ3v) is 2.54. The first-order chi connectivity index (χ1) is 7.85. The van der Waals surface area contributed by atoms with Crippen LogP contribution < -0.4 is 4.74 Å². The second-order valence-electron chi connectivity index (χ2n) is 3.58. The topological polar surface area (TPSA) is 39.2 Å². The van der Waals surface area contributed by atoms with Crippen molar-refractivity contribution in [2.75, 3.05) is 7.11 Å².